The SMILES string of the molecule is CCN(CC)CCC(NC)C1CCCCCC1. The van der Waals surface area contributed by atoms with Crippen molar-refractivity contribution >= 4 is 0 Å². The van der Waals surface area contributed by atoms with Crippen LogP contribution in [0.2, 0.25) is 0 Å². The van der Waals surface area contributed by atoms with Gasteiger partial charge in [0.05, 0.1) is 0 Å². The van der Waals surface area contributed by atoms with E-state index in [1.807, 2.05) is 0 Å². The van der Waals surface area contributed by atoms with Gasteiger partial charge >= 0.3 is 0 Å². The maximum absolute atomic E-state index is 3.58. The van der Waals surface area contributed by atoms with Gasteiger partial charge in [0.1, 0.15) is 0 Å². The second kappa shape index (κ2) is 8.93. The van der Waals surface area contributed by atoms with Crippen LogP contribution in [0.4, 0.5) is 0 Å². The average Bonchev–Trinajstić information content (AvgIpc) is 2.64. The Morgan fingerprint density at radius 1 is 1.06 bits per heavy atom. The molecule has 0 aliphatic heterocycles. The summed E-state index contributed by atoms with van der Waals surface area (Å²) in [5.41, 5.74) is 0. The second-order valence-electron chi connectivity index (χ2n) is 5.46. The number of rotatable bonds is 7. The van der Waals surface area contributed by atoms with Crippen LogP contribution >= 0.6 is 0 Å². The predicted octanol–water partition coefficient (Wildman–Crippen LogP) is 3.28. The first kappa shape index (κ1) is 15.0. The Labute approximate surface area is 108 Å². The van der Waals surface area contributed by atoms with E-state index in [1.54, 1.807) is 0 Å². The molecule has 0 aromatic rings. The summed E-state index contributed by atoms with van der Waals surface area (Å²) in [7, 11) is 2.15. The Kier molecular flexibility index (Phi) is 7.87. The van der Waals surface area contributed by atoms with Crippen LogP contribution in [0.3, 0.4) is 0 Å². The zero-order valence-corrected chi connectivity index (χ0v) is 12.2. The molecule has 0 radical (unpaired) electrons. The van der Waals surface area contributed by atoms with E-state index in [1.165, 1.54) is 64.6 Å². The molecule has 1 aliphatic carbocycles. The molecule has 1 aliphatic rings. The van der Waals surface area contributed by atoms with Crippen molar-refractivity contribution in [2.75, 3.05) is 26.7 Å². The van der Waals surface area contributed by atoms with Gasteiger partial charge in [-0.05, 0) is 51.9 Å². The number of hydrogen-bond donors (Lipinski definition) is 1. The average molecular weight is 240 g/mol. The molecule has 1 atom stereocenters. The molecule has 1 fully saturated rings. The fourth-order valence-corrected chi connectivity index (χ4v) is 3.19. The molecule has 0 heterocycles. The van der Waals surface area contributed by atoms with Crippen LogP contribution in [0.1, 0.15) is 58.8 Å². The fourth-order valence-electron chi connectivity index (χ4n) is 3.19. The summed E-state index contributed by atoms with van der Waals surface area (Å²) in [6, 6.07) is 0.744. The lowest BCUT2D eigenvalue weighted by atomic mass is 9.90. The van der Waals surface area contributed by atoms with Gasteiger partial charge in [-0.1, -0.05) is 39.5 Å². The van der Waals surface area contributed by atoms with Gasteiger partial charge in [0.25, 0.3) is 0 Å². The normalized spacial score (nSPS) is 20.5. The van der Waals surface area contributed by atoms with Gasteiger partial charge in [-0.2, -0.15) is 0 Å². The highest BCUT2D eigenvalue weighted by Crippen LogP contribution is 2.26. The number of hydrogen-bond acceptors (Lipinski definition) is 2. The molecule has 1 saturated carbocycles. The highest BCUT2D eigenvalue weighted by Gasteiger charge is 2.21. The van der Waals surface area contributed by atoms with Gasteiger partial charge in [-0.3, -0.25) is 0 Å². The summed E-state index contributed by atoms with van der Waals surface area (Å²) < 4.78 is 0. The van der Waals surface area contributed by atoms with Crippen molar-refractivity contribution in [3.63, 3.8) is 0 Å². The van der Waals surface area contributed by atoms with Crippen molar-refractivity contribution in [1.82, 2.24) is 10.2 Å². The monoisotopic (exact) mass is 240 g/mol. The molecule has 0 bridgehead atoms. The summed E-state index contributed by atoms with van der Waals surface area (Å²) in [6.45, 7) is 8.18. The number of nitrogens with one attached hydrogen (secondary N) is 1. The van der Waals surface area contributed by atoms with Crippen molar-refractivity contribution in [3.8, 4) is 0 Å². The third kappa shape index (κ3) is 5.39. The van der Waals surface area contributed by atoms with Crippen LogP contribution in [-0.4, -0.2) is 37.6 Å². The Morgan fingerprint density at radius 2 is 1.65 bits per heavy atom. The van der Waals surface area contributed by atoms with E-state index >= 15 is 0 Å². The maximum atomic E-state index is 3.58. The highest BCUT2D eigenvalue weighted by molar-refractivity contribution is 4.78. The van der Waals surface area contributed by atoms with Crippen molar-refractivity contribution < 1.29 is 0 Å². The first-order valence-electron chi connectivity index (χ1n) is 7.71. The summed E-state index contributed by atoms with van der Waals surface area (Å²) in [5, 5.41) is 3.58. The lowest BCUT2D eigenvalue weighted by Gasteiger charge is -2.28. The Hall–Kier alpha value is -0.0800. The van der Waals surface area contributed by atoms with Crippen LogP contribution in [0.5, 0.6) is 0 Å². The van der Waals surface area contributed by atoms with E-state index in [4.69, 9.17) is 0 Å². The van der Waals surface area contributed by atoms with E-state index in [2.05, 4.69) is 31.1 Å². The van der Waals surface area contributed by atoms with Crippen LogP contribution in [-0.2, 0) is 0 Å². The lowest BCUT2D eigenvalue weighted by Crippen LogP contribution is -2.37. The Morgan fingerprint density at radius 3 is 2.12 bits per heavy atom. The molecule has 2 heteroatoms. The summed E-state index contributed by atoms with van der Waals surface area (Å²) in [6.07, 6.45) is 10.0. The van der Waals surface area contributed by atoms with Gasteiger partial charge in [0, 0.05) is 6.04 Å². The molecular formula is C15H32N2. The first-order chi connectivity index (χ1) is 8.31. The van der Waals surface area contributed by atoms with E-state index in [0.717, 1.165) is 12.0 Å². The van der Waals surface area contributed by atoms with E-state index < -0.39 is 0 Å². The smallest absolute Gasteiger partial charge is 0.0104 e. The molecule has 102 valence electrons. The third-order valence-corrected chi connectivity index (χ3v) is 4.49. The molecule has 0 aromatic carbocycles. The van der Waals surface area contributed by atoms with Crippen molar-refractivity contribution in [3.05, 3.63) is 0 Å². The van der Waals surface area contributed by atoms with E-state index in [-0.39, 0.29) is 0 Å². The van der Waals surface area contributed by atoms with Crippen molar-refractivity contribution in [2.45, 2.75) is 64.8 Å². The minimum atomic E-state index is 0.744. The van der Waals surface area contributed by atoms with Crippen LogP contribution in [0.15, 0.2) is 0 Å². The summed E-state index contributed by atoms with van der Waals surface area (Å²) in [5.74, 6) is 0.929. The van der Waals surface area contributed by atoms with Gasteiger partial charge in [-0.25, -0.2) is 0 Å². The molecule has 1 rings (SSSR count). The third-order valence-electron chi connectivity index (χ3n) is 4.49. The minimum Gasteiger partial charge on any atom is -0.317 e. The topological polar surface area (TPSA) is 15.3 Å². The Bertz CT molecular complexity index is 170. The molecule has 0 aromatic heterocycles. The predicted molar refractivity (Wildman–Crippen MR) is 76.4 cm³/mol. The van der Waals surface area contributed by atoms with E-state index in [9.17, 15) is 0 Å². The molecule has 1 unspecified atom stereocenters. The molecule has 1 N–H and O–H groups in total. The van der Waals surface area contributed by atoms with Gasteiger partial charge < -0.3 is 10.2 Å². The minimum absolute atomic E-state index is 0.744. The van der Waals surface area contributed by atoms with Gasteiger partial charge in [-0.15, -0.1) is 0 Å². The summed E-state index contributed by atoms with van der Waals surface area (Å²) in [4.78, 5) is 2.54. The zero-order chi connectivity index (χ0) is 12.5. The Balaban J connectivity index is 2.35. The maximum Gasteiger partial charge on any atom is 0.0104 e. The molecular weight excluding hydrogens is 208 g/mol. The quantitative estimate of drug-likeness (QED) is 0.687. The van der Waals surface area contributed by atoms with Crippen LogP contribution in [0.25, 0.3) is 0 Å². The van der Waals surface area contributed by atoms with Gasteiger partial charge in [0.2, 0.25) is 0 Å². The zero-order valence-electron chi connectivity index (χ0n) is 12.2. The molecule has 2 nitrogen and oxygen atoms in total. The standard InChI is InChI=1S/C15H32N2/c1-4-17(5-2)13-12-15(16-3)14-10-8-6-7-9-11-14/h14-16H,4-13H2,1-3H3. The van der Waals surface area contributed by atoms with Crippen LogP contribution in [0, 0.1) is 5.92 Å². The summed E-state index contributed by atoms with van der Waals surface area (Å²) >= 11 is 0. The lowest BCUT2D eigenvalue weighted by molar-refractivity contribution is 0.247. The van der Waals surface area contributed by atoms with Gasteiger partial charge in [0.15, 0.2) is 0 Å². The molecule has 17 heavy (non-hydrogen) atoms. The van der Waals surface area contributed by atoms with Crippen LogP contribution < -0.4 is 5.32 Å². The highest BCUT2D eigenvalue weighted by atomic mass is 15.1. The molecule has 0 spiro atoms. The van der Waals surface area contributed by atoms with Crippen molar-refractivity contribution in [2.24, 2.45) is 5.92 Å². The molecule has 0 saturated heterocycles. The first-order valence-corrected chi connectivity index (χ1v) is 7.71. The largest absolute Gasteiger partial charge is 0.317 e. The van der Waals surface area contributed by atoms with E-state index in [0.29, 0.717) is 0 Å². The molecule has 0 amide bonds. The van der Waals surface area contributed by atoms with Crippen molar-refractivity contribution in [1.29, 1.82) is 0 Å². The fraction of sp³-hybridized carbons (Fsp3) is 1.00. The second-order valence-corrected chi connectivity index (χ2v) is 5.46. The number of nitrogens with zero attached hydrogens (tertiary/aromatic N) is 1.